The Morgan fingerprint density at radius 3 is 2.40 bits per heavy atom. The van der Waals surface area contributed by atoms with Gasteiger partial charge in [-0.15, -0.1) is 0 Å². The maximum Gasteiger partial charge on any atom is 0.289 e. The van der Waals surface area contributed by atoms with E-state index in [9.17, 15) is 9.59 Å². The Morgan fingerprint density at radius 2 is 1.74 bits per heavy atom. The molecule has 2 aromatic carbocycles. The quantitative estimate of drug-likeness (QED) is 0.355. The van der Waals surface area contributed by atoms with Crippen LogP contribution >= 0.6 is 35.4 Å². The lowest BCUT2D eigenvalue weighted by atomic mass is 10.2. The zero-order chi connectivity index (χ0) is 24.8. The molecule has 3 aromatic rings. The summed E-state index contributed by atoms with van der Waals surface area (Å²) in [6.07, 6.45) is 4.44. The van der Waals surface area contributed by atoms with Gasteiger partial charge in [0.15, 0.2) is 10.9 Å². The van der Waals surface area contributed by atoms with E-state index in [2.05, 4.69) is 15.5 Å². The summed E-state index contributed by atoms with van der Waals surface area (Å²) in [6.45, 7) is 2.67. The van der Waals surface area contributed by atoms with Crippen LogP contribution in [0, 0.1) is 0 Å². The number of amides is 2. The zero-order valence-electron chi connectivity index (χ0n) is 18.5. The number of thiocarbonyl (C=S) groups is 1. The van der Waals surface area contributed by atoms with Crippen LogP contribution in [0.5, 0.6) is 0 Å². The van der Waals surface area contributed by atoms with E-state index in [0.717, 1.165) is 24.5 Å². The molecule has 1 aliphatic rings. The molecule has 2 heterocycles. The van der Waals surface area contributed by atoms with E-state index in [1.807, 2.05) is 24.3 Å². The van der Waals surface area contributed by atoms with Crippen molar-refractivity contribution >= 4 is 69.8 Å². The minimum absolute atomic E-state index is 0.0872. The van der Waals surface area contributed by atoms with Crippen LogP contribution in [0.15, 0.2) is 71.4 Å². The molecule has 4 rings (SSSR count). The van der Waals surface area contributed by atoms with E-state index in [-0.39, 0.29) is 16.9 Å². The van der Waals surface area contributed by atoms with Gasteiger partial charge < -0.3 is 19.5 Å². The van der Waals surface area contributed by atoms with E-state index in [4.69, 9.17) is 39.8 Å². The molecule has 0 unspecified atom stereocenters. The Kier molecular flexibility index (Phi) is 8.07. The summed E-state index contributed by atoms with van der Waals surface area (Å²) in [5, 5.41) is 6.76. The van der Waals surface area contributed by atoms with E-state index in [0.29, 0.717) is 34.5 Å². The molecule has 180 valence electrons. The molecule has 2 N–H and O–H groups in total. The van der Waals surface area contributed by atoms with Gasteiger partial charge in [-0.05, 0) is 72.4 Å². The molecule has 0 saturated carbocycles. The van der Waals surface area contributed by atoms with Crippen molar-refractivity contribution in [3.05, 3.63) is 88.3 Å². The number of nitrogens with zero attached hydrogens (tertiary/aromatic N) is 2. The number of benzene rings is 2. The fourth-order valence-electron chi connectivity index (χ4n) is 3.60. The molecule has 1 aromatic heterocycles. The van der Waals surface area contributed by atoms with Crippen molar-refractivity contribution in [3.8, 4) is 0 Å². The average Bonchev–Trinajstić information content (AvgIpc) is 3.39. The fourth-order valence-corrected chi connectivity index (χ4v) is 4.29. The molecule has 1 fully saturated rings. The van der Waals surface area contributed by atoms with Crippen LogP contribution in [0.1, 0.15) is 16.1 Å². The number of carbonyl (C=O) groups excluding carboxylic acids is 2. The first kappa shape index (κ1) is 24.8. The molecule has 1 aliphatic heterocycles. The number of piperazine rings is 1. The van der Waals surface area contributed by atoms with Crippen molar-refractivity contribution in [1.82, 2.24) is 10.2 Å². The highest BCUT2D eigenvalue weighted by atomic mass is 35.5. The number of halogens is 2. The van der Waals surface area contributed by atoms with Gasteiger partial charge in [0, 0.05) is 53.7 Å². The smallest absolute Gasteiger partial charge is 0.289 e. The Morgan fingerprint density at radius 1 is 1.00 bits per heavy atom. The van der Waals surface area contributed by atoms with Crippen LogP contribution in [0.2, 0.25) is 10.0 Å². The minimum atomic E-state index is -0.382. The van der Waals surface area contributed by atoms with Crippen LogP contribution < -0.4 is 15.5 Å². The highest BCUT2D eigenvalue weighted by Crippen LogP contribution is 2.22. The van der Waals surface area contributed by atoms with Gasteiger partial charge in [-0.1, -0.05) is 29.3 Å². The van der Waals surface area contributed by atoms with E-state index >= 15 is 0 Å². The van der Waals surface area contributed by atoms with Crippen molar-refractivity contribution in [2.24, 2.45) is 0 Å². The lowest BCUT2D eigenvalue weighted by molar-refractivity contribution is -0.115. The van der Waals surface area contributed by atoms with Crippen molar-refractivity contribution in [2.45, 2.75) is 0 Å². The van der Waals surface area contributed by atoms with E-state index in [1.165, 1.54) is 12.3 Å². The first-order chi connectivity index (χ1) is 16.9. The molecule has 10 heteroatoms. The Balaban J connectivity index is 1.25. The standard InChI is InChI=1S/C25H22Cl2N4O3S/c26-18-5-3-17(21(27)16-18)4-10-23(32)29-25(35)28-19-6-8-20(9-7-19)30-11-13-31(14-12-30)24(33)22-2-1-15-34-22/h1-10,15-16H,11-14H2,(H2,28,29,32,35)/b10-4+. The summed E-state index contributed by atoms with van der Waals surface area (Å²) < 4.78 is 5.21. The first-order valence-corrected chi connectivity index (χ1v) is 12.0. The molecule has 1 saturated heterocycles. The maximum atomic E-state index is 12.4. The normalized spacial score (nSPS) is 13.7. The Labute approximate surface area is 218 Å². The minimum Gasteiger partial charge on any atom is -0.459 e. The molecule has 35 heavy (non-hydrogen) atoms. The predicted molar refractivity (Wildman–Crippen MR) is 143 cm³/mol. The lowest BCUT2D eigenvalue weighted by Gasteiger charge is -2.35. The number of nitrogens with one attached hydrogen (secondary N) is 2. The second-order valence-corrected chi connectivity index (χ2v) is 9.00. The predicted octanol–water partition coefficient (Wildman–Crippen LogP) is 5.08. The Bertz CT molecular complexity index is 1240. The number of carbonyl (C=O) groups is 2. The number of hydrogen-bond donors (Lipinski definition) is 2. The summed E-state index contributed by atoms with van der Waals surface area (Å²) in [4.78, 5) is 28.6. The van der Waals surface area contributed by atoms with Crippen LogP contribution in [-0.4, -0.2) is 48.0 Å². The third-order valence-corrected chi connectivity index (χ3v) is 6.17. The molecule has 7 nitrogen and oxygen atoms in total. The second-order valence-electron chi connectivity index (χ2n) is 7.75. The van der Waals surface area contributed by atoms with Crippen molar-refractivity contribution in [3.63, 3.8) is 0 Å². The van der Waals surface area contributed by atoms with Gasteiger partial charge in [0.05, 0.1) is 6.26 Å². The van der Waals surface area contributed by atoms with Crippen molar-refractivity contribution in [1.29, 1.82) is 0 Å². The molecule has 0 radical (unpaired) electrons. The number of furan rings is 1. The van der Waals surface area contributed by atoms with Crippen molar-refractivity contribution in [2.75, 3.05) is 36.4 Å². The van der Waals surface area contributed by atoms with Gasteiger partial charge >= 0.3 is 0 Å². The summed E-state index contributed by atoms with van der Waals surface area (Å²) in [6, 6.07) is 16.1. The van der Waals surface area contributed by atoms with E-state index < -0.39 is 0 Å². The average molecular weight is 529 g/mol. The molecule has 0 aliphatic carbocycles. The maximum absolute atomic E-state index is 12.4. The fraction of sp³-hybridized carbons (Fsp3) is 0.160. The molecular formula is C25H22Cl2N4O3S. The van der Waals surface area contributed by atoms with Gasteiger partial charge in [-0.3, -0.25) is 14.9 Å². The summed E-state index contributed by atoms with van der Waals surface area (Å²) in [5.41, 5.74) is 2.46. The summed E-state index contributed by atoms with van der Waals surface area (Å²) in [7, 11) is 0. The summed E-state index contributed by atoms with van der Waals surface area (Å²) in [5.74, 6) is -0.107. The second kappa shape index (κ2) is 11.4. The van der Waals surface area contributed by atoms with Gasteiger partial charge in [-0.25, -0.2) is 0 Å². The van der Waals surface area contributed by atoms with Gasteiger partial charge in [-0.2, -0.15) is 0 Å². The van der Waals surface area contributed by atoms with Crippen LogP contribution in [0.25, 0.3) is 6.08 Å². The van der Waals surface area contributed by atoms with Crippen LogP contribution in [0.4, 0.5) is 11.4 Å². The third-order valence-electron chi connectivity index (χ3n) is 5.40. The molecule has 0 bridgehead atoms. The van der Waals surface area contributed by atoms with E-state index in [1.54, 1.807) is 41.3 Å². The molecule has 0 spiro atoms. The van der Waals surface area contributed by atoms with Gasteiger partial charge in [0.2, 0.25) is 5.91 Å². The number of rotatable bonds is 5. The molecule has 0 atom stereocenters. The summed E-state index contributed by atoms with van der Waals surface area (Å²) >= 11 is 17.2. The number of hydrogen-bond acceptors (Lipinski definition) is 5. The SMILES string of the molecule is O=C(/C=C/c1ccc(Cl)cc1Cl)NC(=S)Nc1ccc(N2CCN(C(=O)c3ccco3)CC2)cc1. The van der Waals surface area contributed by atoms with Gasteiger partial charge in [0.25, 0.3) is 5.91 Å². The van der Waals surface area contributed by atoms with Crippen LogP contribution in [0.3, 0.4) is 0 Å². The highest BCUT2D eigenvalue weighted by molar-refractivity contribution is 7.80. The van der Waals surface area contributed by atoms with Gasteiger partial charge in [0.1, 0.15) is 0 Å². The molecule has 2 amide bonds. The zero-order valence-corrected chi connectivity index (χ0v) is 20.9. The topological polar surface area (TPSA) is 77.8 Å². The largest absolute Gasteiger partial charge is 0.459 e. The third kappa shape index (κ3) is 6.63. The number of anilines is 2. The highest BCUT2D eigenvalue weighted by Gasteiger charge is 2.23. The first-order valence-electron chi connectivity index (χ1n) is 10.8. The monoisotopic (exact) mass is 528 g/mol. The lowest BCUT2D eigenvalue weighted by Crippen LogP contribution is -2.48. The molecular weight excluding hydrogens is 507 g/mol. The van der Waals surface area contributed by atoms with Crippen LogP contribution in [-0.2, 0) is 4.79 Å². The van der Waals surface area contributed by atoms with Crippen molar-refractivity contribution < 1.29 is 14.0 Å². The Hall–Kier alpha value is -3.33.